The molecule has 0 spiro atoms. The third kappa shape index (κ3) is 2.87. The number of benzene rings is 1. The third-order valence-corrected chi connectivity index (χ3v) is 2.91. The van der Waals surface area contributed by atoms with Gasteiger partial charge in [0.05, 0.1) is 12.1 Å². The van der Waals surface area contributed by atoms with Crippen molar-refractivity contribution in [1.82, 2.24) is 15.0 Å². The van der Waals surface area contributed by atoms with Gasteiger partial charge in [-0.15, -0.1) is 0 Å². The Morgan fingerprint density at radius 3 is 2.32 bits per heavy atom. The van der Waals surface area contributed by atoms with Gasteiger partial charge in [-0.3, -0.25) is 0 Å². The van der Waals surface area contributed by atoms with Gasteiger partial charge in [0.1, 0.15) is 0 Å². The molecule has 0 radical (unpaired) electrons. The fourth-order valence-electron chi connectivity index (χ4n) is 1.45. The van der Waals surface area contributed by atoms with Crippen molar-refractivity contribution in [3.05, 3.63) is 36.2 Å². The van der Waals surface area contributed by atoms with Crippen LogP contribution >= 0.6 is 11.8 Å². The lowest BCUT2D eigenvalue weighted by molar-refractivity contribution is 0.816. The topological polar surface area (TPSA) is 86.2 Å². The van der Waals surface area contributed by atoms with Gasteiger partial charge in [0.15, 0.2) is 22.7 Å². The standard InChI is InChI=1S/C13H9N5S/c1-19-13-17-11(9-5-3-2-4-6-9)16-12(18-13)10(7-14)8-15/h2-6,10H,1H3. The summed E-state index contributed by atoms with van der Waals surface area (Å²) in [6, 6.07) is 13.1. The number of thioether (sulfide) groups is 1. The highest BCUT2D eigenvalue weighted by Crippen LogP contribution is 2.20. The van der Waals surface area contributed by atoms with Crippen LogP contribution in [-0.2, 0) is 0 Å². The van der Waals surface area contributed by atoms with E-state index in [0.717, 1.165) is 5.56 Å². The van der Waals surface area contributed by atoms with Gasteiger partial charge in [-0.05, 0) is 6.26 Å². The largest absolute Gasteiger partial charge is 0.210 e. The van der Waals surface area contributed by atoms with Crippen molar-refractivity contribution >= 4 is 11.8 Å². The molecule has 1 aromatic heterocycles. The summed E-state index contributed by atoms with van der Waals surface area (Å²) in [5.74, 6) is -0.301. The van der Waals surface area contributed by atoms with E-state index in [1.165, 1.54) is 11.8 Å². The lowest BCUT2D eigenvalue weighted by Crippen LogP contribution is -2.05. The molecule has 0 saturated carbocycles. The first kappa shape index (κ1) is 13.0. The average Bonchev–Trinajstić information content (AvgIpc) is 2.49. The molecule has 0 bridgehead atoms. The molecular formula is C13H9N5S. The van der Waals surface area contributed by atoms with Crippen LogP contribution in [0.15, 0.2) is 35.5 Å². The van der Waals surface area contributed by atoms with Gasteiger partial charge in [0, 0.05) is 5.56 Å². The van der Waals surface area contributed by atoms with Crippen molar-refractivity contribution in [2.45, 2.75) is 11.1 Å². The second-order valence-corrected chi connectivity index (χ2v) is 4.33. The molecule has 92 valence electrons. The Morgan fingerprint density at radius 1 is 1.05 bits per heavy atom. The summed E-state index contributed by atoms with van der Waals surface area (Å²) in [5, 5.41) is 18.3. The van der Waals surface area contributed by atoms with Crippen molar-refractivity contribution < 1.29 is 0 Å². The molecule has 0 amide bonds. The van der Waals surface area contributed by atoms with Crippen molar-refractivity contribution in [3.8, 4) is 23.5 Å². The fraction of sp³-hybridized carbons (Fsp3) is 0.154. The van der Waals surface area contributed by atoms with Gasteiger partial charge in [0.25, 0.3) is 0 Å². The molecule has 6 heteroatoms. The van der Waals surface area contributed by atoms with Gasteiger partial charge in [0.2, 0.25) is 0 Å². The third-order valence-electron chi connectivity index (χ3n) is 2.36. The van der Waals surface area contributed by atoms with E-state index in [-0.39, 0.29) is 5.82 Å². The summed E-state index contributed by atoms with van der Waals surface area (Å²) in [6.45, 7) is 0. The van der Waals surface area contributed by atoms with Crippen LogP contribution in [0.25, 0.3) is 11.4 Å². The van der Waals surface area contributed by atoms with E-state index >= 15 is 0 Å². The van der Waals surface area contributed by atoms with Crippen LogP contribution in [0.3, 0.4) is 0 Å². The van der Waals surface area contributed by atoms with Crippen molar-refractivity contribution in [2.24, 2.45) is 0 Å². The first-order valence-corrected chi connectivity index (χ1v) is 6.65. The van der Waals surface area contributed by atoms with E-state index in [1.54, 1.807) is 0 Å². The van der Waals surface area contributed by atoms with Crippen LogP contribution in [-0.4, -0.2) is 21.2 Å². The number of rotatable bonds is 3. The zero-order valence-corrected chi connectivity index (χ0v) is 10.9. The van der Waals surface area contributed by atoms with Crippen LogP contribution in [0, 0.1) is 22.7 Å². The minimum atomic E-state index is -0.976. The van der Waals surface area contributed by atoms with Crippen molar-refractivity contribution in [3.63, 3.8) is 0 Å². The summed E-state index contributed by atoms with van der Waals surface area (Å²) in [7, 11) is 0. The molecular weight excluding hydrogens is 258 g/mol. The monoisotopic (exact) mass is 267 g/mol. The Morgan fingerprint density at radius 2 is 1.74 bits per heavy atom. The minimum absolute atomic E-state index is 0.197. The smallest absolute Gasteiger partial charge is 0.192 e. The molecule has 5 nitrogen and oxygen atoms in total. The average molecular weight is 267 g/mol. The summed E-state index contributed by atoms with van der Waals surface area (Å²) in [6.07, 6.45) is 1.83. The molecule has 2 aromatic rings. The summed E-state index contributed by atoms with van der Waals surface area (Å²) >= 11 is 1.35. The zero-order chi connectivity index (χ0) is 13.7. The highest BCUT2D eigenvalue weighted by molar-refractivity contribution is 7.98. The van der Waals surface area contributed by atoms with Crippen LogP contribution in [0.2, 0.25) is 0 Å². The number of nitriles is 2. The van der Waals surface area contributed by atoms with Crippen LogP contribution in [0.5, 0.6) is 0 Å². The van der Waals surface area contributed by atoms with Gasteiger partial charge in [-0.25, -0.2) is 15.0 Å². The molecule has 1 aromatic carbocycles. The van der Waals surface area contributed by atoms with Crippen molar-refractivity contribution in [2.75, 3.05) is 6.26 Å². The molecule has 0 aliphatic carbocycles. The van der Waals surface area contributed by atoms with Gasteiger partial charge in [-0.2, -0.15) is 10.5 Å². The number of hydrogen-bond donors (Lipinski definition) is 0. The van der Waals surface area contributed by atoms with Crippen LogP contribution in [0.1, 0.15) is 11.7 Å². The Balaban J connectivity index is 2.55. The summed E-state index contributed by atoms with van der Waals surface area (Å²) < 4.78 is 0. The molecule has 1 heterocycles. The van der Waals surface area contributed by atoms with Crippen LogP contribution < -0.4 is 0 Å². The fourth-order valence-corrected chi connectivity index (χ4v) is 1.82. The maximum Gasteiger partial charge on any atom is 0.192 e. The molecule has 0 aliphatic rings. The quantitative estimate of drug-likeness (QED) is 0.793. The SMILES string of the molecule is CSc1nc(-c2ccccc2)nc(C(C#N)C#N)n1. The second kappa shape index (κ2) is 5.94. The molecule has 0 fully saturated rings. The highest BCUT2D eigenvalue weighted by atomic mass is 32.2. The number of hydrogen-bond acceptors (Lipinski definition) is 6. The lowest BCUT2D eigenvalue weighted by Gasteiger charge is -2.05. The molecule has 0 atom stereocenters. The Kier molecular flexibility index (Phi) is 4.07. The second-order valence-electron chi connectivity index (χ2n) is 3.56. The van der Waals surface area contributed by atoms with E-state index < -0.39 is 5.92 Å². The first-order valence-electron chi connectivity index (χ1n) is 5.43. The maximum absolute atomic E-state index is 8.92. The number of aromatic nitrogens is 3. The van der Waals surface area contributed by atoms with E-state index in [0.29, 0.717) is 11.0 Å². The molecule has 0 N–H and O–H groups in total. The highest BCUT2D eigenvalue weighted by Gasteiger charge is 2.16. The van der Waals surface area contributed by atoms with Gasteiger partial charge >= 0.3 is 0 Å². The normalized spacial score (nSPS) is 9.89. The first-order chi connectivity index (χ1) is 9.28. The van der Waals surface area contributed by atoms with Gasteiger partial charge < -0.3 is 0 Å². The Hall–Kier alpha value is -2.44. The number of nitrogens with zero attached hydrogens (tertiary/aromatic N) is 5. The molecule has 0 saturated heterocycles. The van der Waals surface area contributed by atoms with Crippen LogP contribution in [0.4, 0.5) is 0 Å². The van der Waals surface area contributed by atoms with Crippen molar-refractivity contribution in [1.29, 1.82) is 10.5 Å². The van der Waals surface area contributed by atoms with Gasteiger partial charge in [-0.1, -0.05) is 42.1 Å². The lowest BCUT2D eigenvalue weighted by atomic mass is 10.2. The predicted octanol–water partition coefficient (Wildman–Crippen LogP) is 2.39. The molecule has 2 rings (SSSR count). The summed E-state index contributed by atoms with van der Waals surface area (Å²) in [4.78, 5) is 12.6. The predicted molar refractivity (Wildman–Crippen MR) is 71.0 cm³/mol. The van der Waals surface area contributed by atoms with E-state index in [4.69, 9.17) is 10.5 Å². The molecule has 0 aliphatic heterocycles. The maximum atomic E-state index is 8.92. The van der Waals surface area contributed by atoms with E-state index in [2.05, 4.69) is 15.0 Å². The van der Waals surface area contributed by atoms with E-state index in [1.807, 2.05) is 48.7 Å². The Labute approximate surface area is 115 Å². The summed E-state index contributed by atoms with van der Waals surface area (Å²) in [5.41, 5.74) is 0.830. The molecule has 0 unspecified atom stereocenters. The minimum Gasteiger partial charge on any atom is -0.210 e. The van der Waals surface area contributed by atoms with E-state index in [9.17, 15) is 0 Å². The molecule has 19 heavy (non-hydrogen) atoms. The Bertz CT molecular complexity index is 643. The zero-order valence-electron chi connectivity index (χ0n) is 10.1.